The summed E-state index contributed by atoms with van der Waals surface area (Å²) in [5.41, 5.74) is 5.88. The Kier molecular flexibility index (Phi) is 6.12. The van der Waals surface area contributed by atoms with Crippen molar-refractivity contribution >= 4 is 11.8 Å². The predicted molar refractivity (Wildman–Crippen MR) is 70.9 cm³/mol. The molecule has 0 bridgehead atoms. The number of nitrogens with one attached hydrogen (secondary N) is 1. The molecule has 0 unspecified atom stereocenters. The number of hydrogen-bond acceptors (Lipinski definition) is 3. The van der Waals surface area contributed by atoms with Crippen LogP contribution < -0.4 is 11.1 Å². The summed E-state index contributed by atoms with van der Waals surface area (Å²) in [7, 11) is 1.65. The number of carbonyl (C=O) groups is 2. The summed E-state index contributed by atoms with van der Waals surface area (Å²) in [6.45, 7) is 3.39. The van der Waals surface area contributed by atoms with Crippen molar-refractivity contribution < 1.29 is 9.59 Å². The Morgan fingerprint density at radius 1 is 1.39 bits per heavy atom. The van der Waals surface area contributed by atoms with Gasteiger partial charge in [0.05, 0.1) is 6.04 Å². The largest absolute Gasteiger partial charge is 0.359 e. The highest BCUT2D eigenvalue weighted by atomic mass is 16.2. The highest BCUT2D eigenvalue weighted by molar-refractivity contribution is 5.82. The lowest BCUT2D eigenvalue weighted by Gasteiger charge is -2.32. The number of carbonyl (C=O) groups excluding carboxylic acids is 2. The summed E-state index contributed by atoms with van der Waals surface area (Å²) in [4.78, 5) is 25.3. The first-order chi connectivity index (χ1) is 8.60. The molecule has 0 aromatic heterocycles. The van der Waals surface area contributed by atoms with Gasteiger partial charge in [-0.1, -0.05) is 19.8 Å². The van der Waals surface area contributed by atoms with Crippen LogP contribution in [0.15, 0.2) is 0 Å². The average molecular weight is 255 g/mol. The highest BCUT2D eigenvalue weighted by Crippen LogP contribution is 2.18. The Balaban J connectivity index is 2.37. The first-order valence-corrected chi connectivity index (χ1v) is 6.86. The summed E-state index contributed by atoms with van der Waals surface area (Å²) in [6, 6.07) is -0.374. The zero-order valence-corrected chi connectivity index (χ0v) is 11.4. The first-order valence-electron chi connectivity index (χ1n) is 6.86. The van der Waals surface area contributed by atoms with E-state index in [0.29, 0.717) is 13.1 Å². The van der Waals surface area contributed by atoms with Crippen molar-refractivity contribution in [1.82, 2.24) is 10.2 Å². The zero-order valence-electron chi connectivity index (χ0n) is 11.4. The fourth-order valence-corrected chi connectivity index (χ4v) is 2.35. The van der Waals surface area contributed by atoms with E-state index in [9.17, 15) is 9.59 Å². The van der Waals surface area contributed by atoms with Gasteiger partial charge in [0.2, 0.25) is 11.8 Å². The van der Waals surface area contributed by atoms with Crippen molar-refractivity contribution in [2.75, 3.05) is 20.1 Å². The second-order valence-electron chi connectivity index (χ2n) is 4.96. The zero-order chi connectivity index (χ0) is 13.5. The Hall–Kier alpha value is -1.10. The minimum atomic E-state index is -0.374. The maximum absolute atomic E-state index is 12.1. The maximum atomic E-state index is 12.1. The smallest absolute Gasteiger partial charge is 0.239 e. The van der Waals surface area contributed by atoms with Crippen LogP contribution in [0.25, 0.3) is 0 Å². The van der Waals surface area contributed by atoms with E-state index >= 15 is 0 Å². The molecule has 1 heterocycles. The third kappa shape index (κ3) is 3.98. The molecule has 5 nitrogen and oxygen atoms in total. The minimum absolute atomic E-state index is 0.0406. The normalized spacial score (nSPS) is 18.5. The predicted octanol–water partition coefficient (Wildman–Crippen LogP) is 0.489. The van der Waals surface area contributed by atoms with Gasteiger partial charge in [-0.05, 0) is 19.3 Å². The van der Waals surface area contributed by atoms with E-state index in [2.05, 4.69) is 12.2 Å². The van der Waals surface area contributed by atoms with Crippen LogP contribution in [0.5, 0.6) is 0 Å². The van der Waals surface area contributed by atoms with Crippen LogP contribution in [0.4, 0.5) is 0 Å². The standard InChI is InChI=1S/C13H25N3O2/c1-3-4-5-11(14)13(18)16-8-6-10(7-9-16)12(17)15-2/h10-11H,3-9,14H2,1-2H3,(H,15,17)/t11-/m0/s1. The molecule has 3 N–H and O–H groups in total. The number of unbranched alkanes of at least 4 members (excludes halogenated alkanes) is 1. The van der Waals surface area contributed by atoms with Gasteiger partial charge in [0.15, 0.2) is 0 Å². The van der Waals surface area contributed by atoms with Crippen molar-refractivity contribution in [3.05, 3.63) is 0 Å². The van der Waals surface area contributed by atoms with E-state index in [4.69, 9.17) is 5.73 Å². The van der Waals surface area contributed by atoms with Crippen molar-refractivity contribution in [3.8, 4) is 0 Å². The van der Waals surface area contributed by atoms with Gasteiger partial charge in [0, 0.05) is 26.1 Å². The molecule has 0 aliphatic carbocycles. The van der Waals surface area contributed by atoms with Gasteiger partial charge < -0.3 is 16.0 Å². The topological polar surface area (TPSA) is 75.4 Å². The van der Waals surface area contributed by atoms with Crippen molar-refractivity contribution in [3.63, 3.8) is 0 Å². The Bertz CT molecular complexity index is 286. The summed E-state index contributed by atoms with van der Waals surface area (Å²) in [5.74, 6) is 0.169. The van der Waals surface area contributed by atoms with Crippen molar-refractivity contribution in [2.24, 2.45) is 11.7 Å². The lowest BCUT2D eigenvalue weighted by atomic mass is 9.95. The molecule has 5 heteroatoms. The van der Waals surface area contributed by atoms with E-state index in [1.54, 1.807) is 11.9 Å². The number of rotatable bonds is 5. The molecule has 1 aliphatic heterocycles. The van der Waals surface area contributed by atoms with Crippen LogP contribution in [0.2, 0.25) is 0 Å². The Labute approximate surface area is 109 Å². The summed E-state index contributed by atoms with van der Waals surface area (Å²) in [5, 5.41) is 2.66. The molecule has 0 spiro atoms. The third-order valence-corrected chi connectivity index (χ3v) is 3.61. The first kappa shape index (κ1) is 15.0. The SMILES string of the molecule is CCCC[C@H](N)C(=O)N1CCC(C(=O)NC)CC1. The number of nitrogens with two attached hydrogens (primary N) is 1. The molecule has 1 fully saturated rings. The number of piperidine rings is 1. The molecular weight excluding hydrogens is 230 g/mol. The molecule has 1 atom stereocenters. The van der Waals surface area contributed by atoms with Crippen LogP contribution in [0.1, 0.15) is 39.0 Å². The van der Waals surface area contributed by atoms with Gasteiger partial charge in [-0.15, -0.1) is 0 Å². The van der Waals surface area contributed by atoms with E-state index in [1.807, 2.05) is 0 Å². The van der Waals surface area contributed by atoms with Crippen molar-refractivity contribution in [2.45, 2.75) is 45.1 Å². The van der Waals surface area contributed by atoms with Crippen LogP contribution >= 0.6 is 0 Å². The second kappa shape index (κ2) is 7.36. The van der Waals surface area contributed by atoms with E-state index < -0.39 is 0 Å². The van der Waals surface area contributed by atoms with Gasteiger partial charge in [0.25, 0.3) is 0 Å². The fraction of sp³-hybridized carbons (Fsp3) is 0.846. The Morgan fingerprint density at radius 2 is 2.00 bits per heavy atom. The molecule has 1 aliphatic rings. The lowest BCUT2D eigenvalue weighted by Crippen LogP contribution is -2.48. The van der Waals surface area contributed by atoms with Crippen LogP contribution in [0.3, 0.4) is 0 Å². The molecule has 18 heavy (non-hydrogen) atoms. The van der Waals surface area contributed by atoms with E-state index in [1.165, 1.54) is 0 Å². The second-order valence-corrected chi connectivity index (χ2v) is 4.96. The van der Waals surface area contributed by atoms with Gasteiger partial charge in [-0.2, -0.15) is 0 Å². The Morgan fingerprint density at radius 3 is 2.50 bits per heavy atom. The molecule has 104 valence electrons. The van der Waals surface area contributed by atoms with Gasteiger partial charge in [0.1, 0.15) is 0 Å². The number of hydrogen-bond donors (Lipinski definition) is 2. The van der Waals surface area contributed by atoms with E-state index in [0.717, 1.165) is 32.1 Å². The molecule has 1 rings (SSSR count). The average Bonchev–Trinajstić information content (AvgIpc) is 2.43. The van der Waals surface area contributed by atoms with Crippen LogP contribution in [-0.2, 0) is 9.59 Å². The van der Waals surface area contributed by atoms with Crippen LogP contribution in [-0.4, -0.2) is 42.9 Å². The maximum Gasteiger partial charge on any atom is 0.239 e. The summed E-state index contributed by atoms with van der Waals surface area (Å²) < 4.78 is 0. The molecule has 2 amide bonds. The molecule has 1 saturated heterocycles. The number of likely N-dealkylation sites (tertiary alicyclic amines) is 1. The quantitative estimate of drug-likeness (QED) is 0.750. The molecule has 0 radical (unpaired) electrons. The summed E-state index contributed by atoms with van der Waals surface area (Å²) in [6.07, 6.45) is 4.28. The third-order valence-electron chi connectivity index (χ3n) is 3.61. The fourth-order valence-electron chi connectivity index (χ4n) is 2.35. The summed E-state index contributed by atoms with van der Waals surface area (Å²) >= 11 is 0. The van der Waals surface area contributed by atoms with Crippen molar-refractivity contribution in [1.29, 1.82) is 0 Å². The minimum Gasteiger partial charge on any atom is -0.359 e. The van der Waals surface area contributed by atoms with Crippen LogP contribution in [0, 0.1) is 5.92 Å². The molecule has 0 saturated carbocycles. The lowest BCUT2D eigenvalue weighted by molar-refractivity contribution is -0.136. The molecule has 0 aromatic rings. The van der Waals surface area contributed by atoms with Gasteiger partial charge in [-0.3, -0.25) is 9.59 Å². The molecule has 0 aromatic carbocycles. The number of nitrogens with zero attached hydrogens (tertiary/aromatic N) is 1. The molecular formula is C13H25N3O2. The monoisotopic (exact) mass is 255 g/mol. The number of amides is 2. The van der Waals surface area contributed by atoms with Gasteiger partial charge >= 0.3 is 0 Å². The highest BCUT2D eigenvalue weighted by Gasteiger charge is 2.28. The van der Waals surface area contributed by atoms with Gasteiger partial charge in [-0.25, -0.2) is 0 Å². The van der Waals surface area contributed by atoms with E-state index in [-0.39, 0.29) is 23.8 Å².